The van der Waals surface area contributed by atoms with Crippen LogP contribution < -0.4 is 4.90 Å². The van der Waals surface area contributed by atoms with E-state index < -0.39 is 5.92 Å². The van der Waals surface area contributed by atoms with E-state index in [1.165, 1.54) is 16.0 Å². The largest absolute Gasteiger partial charge is 0.274 e. The number of amides is 2. The van der Waals surface area contributed by atoms with E-state index in [1.54, 1.807) is 24.3 Å². The minimum Gasteiger partial charge on any atom is -0.274 e. The number of imide groups is 1. The van der Waals surface area contributed by atoms with E-state index in [0.29, 0.717) is 10.7 Å². The molecule has 3 aromatic rings. The maximum Gasteiger partial charge on any atom is 0.238 e. The van der Waals surface area contributed by atoms with Gasteiger partial charge in [0.15, 0.2) is 0 Å². The molecule has 36 heavy (non-hydrogen) atoms. The molecular weight excluding hydrogens is 466 g/mol. The fraction of sp³-hybridized carbons (Fsp3) is 0.250. The molecule has 3 nitrogen and oxygen atoms in total. The lowest BCUT2D eigenvalue weighted by molar-refractivity contribution is -0.122. The molecule has 2 aliphatic carbocycles. The van der Waals surface area contributed by atoms with Gasteiger partial charge in [0.25, 0.3) is 0 Å². The van der Waals surface area contributed by atoms with Crippen molar-refractivity contribution >= 4 is 34.7 Å². The fourth-order valence-corrected chi connectivity index (χ4v) is 6.61. The number of rotatable bonds is 3. The van der Waals surface area contributed by atoms with E-state index in [0.717, 1.165) is 16.7 Å². The summed E-state index contributed by atoms with van der Waals surface area (Å²) in [6.45, 7) is 6.61. The van der Waals surface area contributed by atoms with Crippen LogP contribution in [0.3, 0.4) is 0 Å². The van der Waals surface area contributed by atoms with Gasteiger partial charge in [-0.2, -0.15) is 0 Å². The highest BCUT2D eigenvalue weighted by Gasteiger charge is 2.65. The van der Waals surface area contributed by atoms with Gasteiger partial charge in [0.05, 0.1) is 17.5 Å². The van der Waals surface area contributed by atoms with Crippen molar-refractivity contribution in [2.24, 2.45) is 29.1 Å². The topological polar surface area (TPSA) is 37.4 Å². The number of fused-ring (bicyclic) bond motifs is 5. The minimum atomic E-state index is -0.394. The Kier molecular flexibility index (Phi) is 5.31. The van der Waals surface area contributed by atoms with Crippen molar-refractivity contribution in [3.63, 3.8) is 0 Å². The van der Waals surface area contributed by atoms with Gasteiger partial charge in [0.2, 0.25) is 11.8 Å². The number of benzene rings is 3. The lowest BCUT2D eigenvalue weighted by atomic mass is 9.71. The number of carbonyl (C=O) groups excluding carboxylic acids is 2. The first-order valence-corrected chi connectivity index (χ1v) is 12.9. The van der Waals surface area contributed by atoms with Gasteiger partial charge in [-0.3, -0.25) is 9.59 Å². The van der Waals surface area contributed by atoms with E-state index in [2.05, 4.69) is 51.1 Å². The molecule has 4 atom stereocenters. The Balaban J connectivity index is 1.56. The third kappa shape index (κ3) is 3.41. The molecule has 6 rings (SSSR count). The number of hydrogen-bond donors (Lipinski definition) is 0. The van der Waals surface area contributed by atoms with Crippen LogP contribution in [0.5, 0.6) is 0 Å². The highest BCUT2D eigenvalue weighted by Crippen LogP contribution is 2.64. The molecule has 0 N–H and O–H groups in total. The quantitative estimate of drug-likeness (QED) is 0.286. The molecule has 3 aromatic carbocycles. The van der Waals surface area contributed by atoms with Crippen LogP contribution in [0.1, 0.15) is 31.9 Å². The number of nitrogens with zero attached hydrogens (tertiary/aromatic N) is 1. The molecule has 0 unspecified atom stereocenters. The second-order valence-electron chi connectivity index (χ2n) is 11.0. The van der Waals surface area contributed by atoms with Gasteiger partial charge in [0, 0.05) is 16.9 Å². The summed E-state index contributed by atoms with van der Waals surface area (Å²) in [4.78, 5) is 29.3. The molecule has 4 heteroatoms. The third-order valence-corrected chi connectivity index (χ3v) is 8.15. The van der Waals surface area contributed by atoms with Gasteiger partial charge in [-0.1, -0.05) is 105 Å². The lowest BCUT2D eigenvalue weighted by Gasteiger charge is -2.31. The van der Waals surface area contributed by atoms with Crippen LogP contribution >= 0.6 is 11.6 Å². The maximum atomic E-state index is 14.0. The summed E-state index contributed by atoms with van der Waals surface area (Å²) >= 11 is 6.08. The molecule has 2 fully saturated rings. The summed E-state index contributed by atoms with van der Waals surface area (Å²) in [6, 6.07) is 27.7. The molecule has 1 aliphatic heterocycles. The average Bonchev–Trinajstić information content (AvgIpc) is 3.48. The van der Waals surface area contributed by atoms with Gasteiger partial charge in [-0.15, -0.1) is 0 Å². The summed E-state index contributed by atoms with van der Waals surface area (Å²) in [7, 11) is 0. The molecule has 0 aromatic heterocycles. The SMILES string of the molecule is CC(C)(C)C1=C[C@H]2C(=C(c3ccccc3)c3ccccc3)[C@H]1[C@H]1C(=O)N(c3ccc(Cl)cc3)C(=O)[C@H]12. The lowest BCUT2D eigenvalue weighted by Crippen LogP contribution is -2.34. The number of halogens is 1. The van der Waals surface area contributed by atoms with Crippen molar-refractivity contribution in [2.45, 2.75) is 20.8 Å². The van der Waals surface area contributed by atoms with Crippen LogP contribution in [0.25, 0.3) is 5.57 Å². The van der Waals surface area contributed by atoms with Crippen LogP contribution in [0.2, 0.25) is 5.02 Å². The van der Waals surface area contributed by atoms with E-state index in [4.69, 9.17) is 11.6 Å². The van der Waals surface area contributed by atoms with E-state index in [9.17, 15) is 9.59 Å². The first-order valence-electron chi connectivity index (χ1n) is 12.5. The Hall–Kier alpha value is -3.43. The first-order chi connectivity index (χ1) is 17.3. The normalized spacial score (nSPS) is 24.8. The van der Waals surface area contributed by atoms with Crippen molar-refractivity contribution in [3.05, 3.63) is 118 Å². The van der Waals surface area contributed by atoms with Gasteiger partial charge >= 0.3 is 0 Å². The fourth-order valence-electron chi connectivity index (χ4n) is 6.48. The maximum absolute atomic E-state index is 14.0. The van der Waals surface area contributed by atoms with E-state index >= 15 is 0 Å². The Morgan fingerprint density at radius 3 is 1.81 bits per heavy atom. The molecule has 3 aliphatic rings. The van der Waals surface area contributed by atoms with Crippen LogP contribution in [-0.4, -0.2) is 11.8 Å². The molecule has 1 saturated carbocycles. The summed E-state index contributed by atoms with van der Waals surface area (Å²) in [5, 5.41) is 0.579. The van der Waals surface area contributed by atoms with Crippen molar-refractivity contribution < 1.29 is 9.59 Å². The monoisotopic (exact) mass is 493 g/mol. The predicted octanol–water partition coefficient (Wildman–Crippen LogP) is 7.18. The van der Waals surface area contributed by atoms with Crippen LogP contribution in [0.4, 0.5) is 5.69 Å². The standard InChI is InChI=1S/C32H28ClNO2/c1-32(2,3)24-18-23-26(25(19-10-6-4-7-11-19)20-12-8-5-9-13-20)28(24)29-27(23)30(35)34(31(29)36)22-16-14-21(33)15-17-22/h4-18,23,27-29H,1-3H3/t23-,27-,28-,29-/m0/s1. The number of anilines is 1. The van der Waals surface area contributed by atoms with Crippen LogP contribution in [-0.2, 0) is 9.59 Å². The van der Waals surface area contributed by atoms with Crippen molar-refractivity contribution in [1.82, 2.24) is 0 Å². The first kappa shape index (κ1) is 23.0. The second-order valence-corrected chi connectivity index (χ2v) is 11.4. The Morgan fingerprint density at radius 2 is 1.28 bits per heavy atom. The highest BCUT2D eigenvalue weighted by atomic mass is 35.5. The molecule has 0 radical (unpaired) electrons. The number of hydrogen-bond acceptors (Lipinski definition) is 2. The van der Waals surface area contributed by atoms with E-state index in [1.807, 2.05) is 36.4 Å². The zero-order valence-corrected chi connectivity index (χ0v) is 21.4. The smallest absolute Gasteiger partial charge is 0.238 e. The second kappa shape index (κ2) is 8.31. The average molecular weight is 494 g/mol. The molecule has 2 amide bonds. The third-order valence-electron chi connectivity index (χ3n) is 7.90. The number of allylic oxidation sites excluding steroid dienone is 3. The van der Waals surface area contributed by atoms with Gasteiger partial charge in [0.1, 0.15) is 0 Å². The molecule has 1 saturated heterocycles. The highest BCUT2D eigenvalue weighted by molar-refractivity contribution is 6.31. The zero-order chi connectivity index (χ0) is 25.2. The minimum absolute atomic E-state index is 0.104. The molecule has 180 valence electrons. The van der Waals surface area contributed by atoms with Crippen molar-refractivity contribution in [2.75, 3.05) is 4.90 Å². The summed E-state index contributed by atoms with van der Waals surface area (Å²) in [5.74, 6) is -1.21. The van der Waals surface area contributed by atoms with E-state index in [-0.39, 0.29) is 35.0 Å². The summed E-state index contributed by atoms with van der Waals surface area (Å²) < 4.78 is 0. The zero-order valence-electron chi connectivity index (χ0n) is 20.6. The van der Waals surface area contributed by atoms with Gasteiger partial charge in [-0.05, 0) is 52.0 Å². The Bertz CT molecular complexity index is 1370. The predicted molar refractivity (Wildman–Crippen MR) is 144 cm³/mol. The van der Waals surface area contributed by atoms with Crippen LogP contribution in [0.15, 0.2) is 102 Å². The van der Waals surface area contributed by atoms with Gasteiger partial charge in [-0.25, -0.2) is 4.90 Å². The molecule has 2 bridgehead atoms. The summed E-state index contributed by atoms with van der Waals surface area (Å²) in [6.07, 6.45) is 2.30. The van der Waals surface area contributed by atoms with Crippen molar-refractivity contribution in [1.29, 1.82) is 0 Å². The summed E-state index contributed by atoms with van der Waals surface area (Å²) in [5.41, 5.74) is 6.33. The molecule has 0 spiro atoms. The number of carbonyl (C=O) groups is 2. The van der Waals surface area contributed by atoms with Crippen LogP contribution in [0, 0.1) is 29.1 Å². The van der Waals surface area contributed by atoms with Gasteiger partial charge < -0.3 is 0 Å². The Labute approximate surface area is 217 Å². The van der Waals surface area contributed by atoms with Crippen molar-refractivity contribution in [3.8, 4) is 0 Å². The molecule has 1 heterocycles. The molecular formula is C32H28ClNO2. The Morgan fingerprint density at radius 1 is 0.750 bits per heavy atom.